The Morgan fingerprint density at radius 3 is 2.51 bits per heavy atom. The molecule has 1 aromatic carbocycles. The van der Waals surface area contributed by atoms with Crippen LogP contribution in [0.3, 0.4) is 0 Å². The van der Waals surface area contributed by atoms with Crippen molar-refractivity contribution in [3.05, 3.63) is 40.5 Å². The SMILES string of the molecule is COc1ccc(CNc2nc(N3CC4CC4C3)ncc2C(=O)NC2CCN(C(=O)OC(C)(C)C)CC2)cc1Cl. The number of halogens is 1. The average molecular weight is 557 g/mol. The Morgan fingerprint density at radius 2 is 1.87 bits per heavy atom. The molecule has 11 heteroatoms. The summed E-state index contributed by atoms with van der Waals surface area (Å²) in [7, 11) is 1.58. The Bertz CT molecular complexity index is 1220. The third-order valence-corrected chi connectivity index (χ3v) is 7.74. The van der Waals surface area contributed by atoms with E-state index >= 15 is 0 Å². The van der Waals surface area contributed by atoms with Gasteiger partial charge < -0.3 is 29.9 Å². The Kier molecular flexibility index (Phi) is 7.75. The summed E-state index contributed by atoms with van der Waals surface area (Å²) >= 11 is 6.31. The van der Waals surface area contributed by atoms with Crippen LogP contribution in [0.25, 0.3) is 0 Å². The highest BCUT2D eigenvalue weighted by molar-refractivity contribution is 6.32. The minimum atomic E-state index is -0.537. The third-order valence-electron chi connectivity index (χ3n) is 7.44. The second kappa shape index (κ2) is 11.1. The van der Waals surface area contributed by atoms with E-state index in [-0.39, 0.29) is 18.0 Å². The highest BCUT2D eigenvalue weighted by Gasteiger charge is 2.46. The van der Waals surface area contributed by atoms with Crippen LogP contribution in [0.2, 0.25) is 5.02 Å². The molecule has 2 unspecified atom stereocenters. The maximum atomic E-state index is 13.4. The van der Waals surface area contributed by atoms with E-state index in [0.29, 0.717) is 60.6 Å². The Morgan fingerprint density at radius 1 is 1.15 bits per heavy atom. The predicted molar refractivity (Wildman–Crippen MR) is 149 cm³/mol. The van der Waals surface area contributed by atoms with E-state index in [0.717, 1.165) is 30.5 Å². The molecule has 5 rings (SSSR count). The van der Waals surface area contributed by atoms with Gasteiger partial charge in [0.05, 0.1) is 12.1 Å². The third kappa shape index (κ3) is 6.66. The number of aromatic nitrogens is 2. The van der Waals surface area contributed by atoms with E-state index < -0.39 is 5.60 Å². The lowest BCUT2D eigenvalue weighted by molar-refractivity contribution is 0.0199. The van der Waals surface area contributed by atoms with Gasteiger partial charge in [-0.1, -0.05) is 17.7 Å². The second-order valence-electron chi connectivity index (χ2n) is 11.6. The standard InChI is InChI=1S/C28H37ClN6O4/c1-28(2,3)39-27(37)34-9-7-20(8-10-34)32-25(36)21-14-31-26(35-15-18-12-19(18)16-35)33-24(21)30-13-17-5-6-23(38-4)22(29)11-17/h5-6,11,14,18-20H,7-10,12-13,15-16H2,1-4H3,(H,32,36)(H,30,31,33). The summed E-state index contributed by atoms with van der Waals surface area (Å²) in [4.78, 5) is 39.0. The number of hydrogen-bond donors (Lipinski definition) is 2. The van der Waals surface area contributed by atoms with E-state index in [4.69, 9.17) is 26.1 Å². The molecule has 2 atom stereocenters. The van der Waals surface area contributed by atoms with Gasteiger partial charge in [-0.15, -0.1) is 0 Å². The number of methoxy groups -OCH3 is 1. The highest BCUT2D eigenvalue weighted by atomic mass is 35.5. The van der Waals surface area contributed by atoms with Crippen LogP contribution in [0.1, 0.15) is 56.0 Å². The van der Waals surface area contributed by atoms with Crippen molar-refractivity contribution in [3.63, 3.8) is 0 Å². The van der Waals surface area contributed by atoms with Crippen molar-refractivity contribution < 1.29 is 19.1 Å². The second-order valence-corrected chi connectivity index (χ2v) is 12.0. The minimum Gasteiger partial charge on any atom is -0.495 e. The molecule has 3 fully saturated rings. The molecule has 2 amide bonds. The van der Waals surface area contributed by atoms with Gasteiger partial charge in [-0.25, -0.2) is 9.78 Å². The van der Waals surface area contributed by atoms with Crippen molar-refractivity contribution in [2.45, 2.75) is 58.2 Å². The lowest BCUT2D eigenvalue weighted by Crippen LogP contribution is -2.47. The number of benzene rings is 1. The molecule has 39 heavy (non-hydrogen) atoms. The maximum absolute atomic E-state index is 13.4. The molecule has 2 saturated heterocycles. The average Bonchev–Trinajstić information content (AvgIpc) is 3.51. The molecule has 0 radical (unpaired) electrons. The largest absolute Gasteiger partial charge is 0.495 e. The monoisotopic (exact) mass is 556 g/mol. The van der Waals surface area contributed by atoms with Crippen LogP contribution in [0.4, 0.5) is 16.6 Å². The van der Waals surface area contributed by atoms with Crippen LogP contribution >= 0.6 is 11.6 Å². The molecule has 0 spiro atoms. The number of piperidine rings is 2. The van der Waals surface area contributed by atoms with Gasteiger partial charge in [-0.3, -0.25) is 4.79 Å². The number of likely N-dealkylation sites (tertiary alicyclic amines) is 1. The normalized spacial score (nSPS) is 20.8. The Hall–Kier alpha value is -3.27. The number of nitrogens with zero attached hydrogens (tertiary/aromatic N) is 4. The van der Waals surface area contributed by atoms with Gasteiger partial charge in [-0.2, -0.15) is 4.98 Å². The number of amides is 2. The molecule has 3 aliphatic rings. The molecular weight excluding hydrogens is 520 g/mol. The Labute approximate surface area is 234 Å². The molecule has 2 N–H and O–H groups in total. The van der Waals surface area contributed by atoms with Gasteiger partial charge in [0.1, 0.15) is 22.7 Å². The van der Waals surface area contributed by atoms with E-state index in [1.54, 1.807) is 18.2 Å². The molecule has 1 aliphatic carbocycles. The predicted octanol–water partition coefficient (Wildman–Crippen LogP) is 4.34. The lowest BCUT2D eigenvalue weighted by Gasteiger charge is -2.33. The van der Waals surface area contributed by atoms with Crippen molar-refractivity contribution in [2.24, 2.45) is 11.8 Å². The zero-order valence-corrected chi connectivity index (χ0v) is 23.8. The molecule has 1 aromatic heterocycles. The van der Waals surface area contributed by atoms with Crippen LogP contribution < -0.4 is 20.3 Å². The number of hydrogen-bond acceptors (Lipinski definition) is 8. The quantitative estimate of drug-likeness (QED) is 0.518. The molecule has 10 nitrogen and oxygen atoms in total. The zero-order chi connectivity index (χ0) is 27.7. The van der Waals surface area contributed by atoms with Crippen molar-refractivity contribution in [3.8, 4) is 5.75 Å². The number of rotatable bonds is 7. The number of anilines is 2. The van der Waals surface area contributed by atoms with Crippen molar-refractivity contribution in [2.75, 3.05) is 43.5 Å². The number of carbonyl (C=O) groups is 2. The smallest absolute Gasteiger partial charge is 0.410 e. The molecule has 210 valence electrons. The van der Waals surface area contributed by atoms with Crippen molar-refractivity contribution in [1.29, 1.82) is 0 Å². The van der Waals surface area contributed by atoms with E-state index in [9.17, 15) is 9.59 Å². The highest BCUT2D eigenvalue weighted by Crippen LogP contribution is 2.45. The minimum absolute atomic E-state index is 0.0604. The number of ether oxygens (including phenoxy) is 2. The van der Waals surface area contributed by atoms with E-state index in [2.05, 4.69) is 20.5 Å². The zero-order valence-electron chi connectivity index (χ0n) is 23.0. The van der Waals surface area contributed by atoms with E-state index in [1.807, 2.05) is 39.0 Å². The topological polar surface area (TPSA) is 109 Å². The van der Waals surface area contributed by atoms with Crippen LogP contribution in [0.15, 0.2) is 24.4 Å². The van der Waals surface area contributed by atoms with Crippen LogP contribution in [-0.2, 0) is 11.3 Å². The summed E-state index contributed by atoms with van der Waals surface area (Å²) in [6.45, 7) is 8.96. The first-order valence-corrected chi connectivity index (χ1v) is 13.9. The fraction of sp³-hybridized carbons (Fsp3) is 0.571. The maximum Gasteiger partial charge on any atom is 0.410 e. The first-order valence-electron chi connectivity index (χ1n) is 13.6. The van der Waals surface area contributed by atoms with Crippen LogP contribution in [0.5, 0.6) is 5.75 Å². The number of nitrogens with one attached hydrogen (secondary N) is 2. The first kappa shape index (κ1) is 27.3. The summed E-state index contributed by atoms with van der Waals surface area (Å²) < 4.78 is 10.7. The summed E-state index contributed by atoms with van der Waals surface area (Å²) in [6.07, 6.45) is 3.87. The van der Waals surface area contributed by atoms with Gasteiger partial charge in [0.15, 0.2) is 0 Å². The Balaban J connectivity index is 1.26. The fourth-order valence-corrected chi connectivity index (χ4v) is 5.47. The molecule has 1 saturated carbocycles. The van der Waals surface area contributed by atoms with Crippen LogP contribution in [-0.4, -0.2) is 71.8 Å². The number of carbonyl (C=O) groups excluding carboxylic acids is 2. The van der Waals surface area contributed by atoms with Gasteiger partial charge >= 0.3 is 6.09 Å². The molecule has 3 heterocycles. The molecule has 0 bridgehead atoms. The summed E-state index contributed by atoms with van der Waals surface area (Å²) in [6, 6.07) is 5.52. The summed E-state index contributed by atoms with van der Waals surface area (Å²) in [5.41, 5.74) is 0.784. The molecule has 2 aliphatic heterocycles. The number of fused-ring (bicyclic) bond motifs is 1. The summed E-state index contributed by atoms with van der Waals surface area (Å²) in [5, 5.41) is 6.98. The van der Waals surface area contributed by atoms with Crippen molar-refractivity contribution in [1.82, 2.24) is 20.2 Å². The fourth-order valence-electron chi connectivity index (χ4n) is 5.19. The lowest BCUT2D eigenvalue weighted by atomic mass is 10.0. The van der Waals surface area contributed by atoms with Gasteiger partial charge in [0.25, 0.3) is 5.91 Å². The summed E-state index contributed by atoms with van der Waals surface area (Å²) in [5.74, 6) is 2.96. The van der Waals surface area contributed by atoms with Crippen molar-refractivity contribution >= 4 is 35.4 Å². The van der Waals surface area contributed by atoms with Gasteiger partial charge in [-0.05, 0) is 69.6 Å². The van der Waals surface area contributed by atoms with Gasteiger partial charge in [0.2, 0.25) is 5.95 Å². The molecule has 2 aromatic rings. The van der Waals surface area contributed by atoms with Crippen LogP contribution in [0, 0.1) is 11.8 Å². The molecular formula is C28H37ClN6O4. The van der Waals surface area contributed by atoms with E-state index in [1.165, 1.54) is 6.42 Å². The van der Waals surface area contributed by atoms with Gasteiger partial charge in [0, 0.05) is 45.0 Å². The first-order chi connectivity index (χ1) is 18.6.